The molecule has 0 aliphatic carbocycles. The molecule has 7 heteroatoms. The van der Waals surface area contributed by atoms with Crippen molar-refractivity contribution < 1.29 is 19.1 Å². The third kappa shape index (κ3) is 4.72. The maximum Gasteiger partial charge on any atom is 0.291 e. The average Bonchev–Trinajstić information content (AvgIpc) is 3.27. The zero-order valence-corrected chi connectivity index (χ0v) is 15.1. The van der Waals surface area contributed by atoms with Gasteiger partial charge >= 0.3 is 0 Å². The Balaban J connectivity index is 1.60. The third-order valence-electron chi connectivity index (χ3n) is 4.00. The lowest BCUT2D eigenvalue weighted by Crippen LogP contribution is -2.26. The third-order valence-corrected chi connectivity index (χ3v) is 4.00. The molecular weight excluding hydrogens is 358 g/mol. The van der Waals surface area contributed by atoms with E-state index in [2.05, 4.69) is 15.8 Å². The molecule has 1 heterocycles. The van der Waals surface area contributed by atoms with Crippen LogP contribution in [-0.4, -0.2) is 22.6 Å². The highest BCUT2D eigenvalue weighted by Crippen LogP contribution is 2.14. The number of aliphatic hydroxyl groups is 1. The highest BCUT2D eigenvalue weighted by Gasteiger charge is 2.16. The quantitative estimate of drug-likeness (QED) is 0.453. The van der Waals surface area contributed by atoms with Gasteiger partial charge in [0.05, 0.1) is 12.0 Å². The topological polar surface area (TPSA) is 104 Å². The number of hydrogen-bond acceptors (Lipinski definition) is 5. The molecule has 0 aliphatic heterocycles. The Hall–Kier alpha value is -3.71. The molecule has 0 bridgehead atoms. The number of anilines is 1. The van der Waals surface area contributed by atoms with E-state index in [1.807, 2.05) is 0 Å². The lowest BCUT2D eigenvalue weighted by Gasteiger charge is -2.10. The van der Waals surface area contributed by atoms with Gasteiger partial charge < -0.3 is 14.8 Å². The summed E-state index contributed by atoms with van der Waals surface area (Å²) in [6.45, 7) is 1.73. The van der Waals surface area contributed by atoms with Gasteiger partial charge in [-0.05, 0) is 42.3 Å². The second-order valence-electron chi connectivity index (χ2n) is 6.00. The lowest BCUT2D eigenvalue weighted by molar-refractivity contribution is -0.129. The van der Waals surface area contributed by atoms with Crippen molar-refractivity contribution >= 4 is 23.2 Å². The van der Waals surface area contributed by atoms with E-state index in [-0.39, 0.29) is 11.7 Å². The monoisotopic (exact) mass is 377 g/mol. The lowest BCUT2D eigenvalue weighted by atomic mass is 10.1. The van der Waals surface area contributed by atoms with Gasteiger partial charge in [-0.1, -0.05) is 42.5 Å². The molecular formula is C21H19N3O4. The second-order valence-corrected chi connectivity index (χ2v) is 6.00. The first-order chi connectivity index (χ1) is 13.5. The van der Waals surface area contributed by atoms with E-state index in [9.17, 15) is 14.7 Å². The maximum absolute atomic E-state index is 12.0. The number of aliphatic hydroxyl groups excluding tert-OH is 1. The number of rotatable bonds is 6. The standard InChI is InChI=1S/C21H19N3O4/c1-14(23-24-21(27)19(25)16-6-3-2-4-7-16)15-9-11-17(12-10-15)22-20(26)18-8-5-13-28-18/h2-13,19,25H,1H3,(H,22,26)(H,24,27)/b23-14+. The average molecular weight is 377 g/mol. The largest absolute Gasteiger partial charge is 0.459 e. The van der Waals surface area contributed by atoms with Gasteiger partial charge in [-0.2, -0.15) is 5.10 Å². The van der Waals surface area contributed by atoms with Crippen LogP contribution in [0.25, 0.3) is 0 Å². The van der Waals surface area contributed by atoms with Crippen LogP contribution in [0, 0.1) is 0 Å². The number of hydrazone groups is 1. The number of benzene rings is 2. The minimum atomic E-state index is -1.29. The predicted molar refractivity (Wildman–Crippen MR) is 105 cm³/mol. The molecule has 1 atom stereocenters. The molecule has 3 rings (SSSR count). The molecule has 1 unspecified atom stereocenters. The smallest absolute Gasteiger partial charge is 0.291 e. The SMILES string of the molecule is C/C(=N\NC(=O)C(O)c1ccccc1)c1ccc(NC(=O)c2ccco2)cc1. The number of nitrogens with one attached hydrogen (secondary N) is 2. The summed E-state index contributed by atoms with van der Waals surface area (Å²) in [6.07, 6.45) is 0.137. The summed E-state index contributed by atoms with van der Waals surface area (Å²) in [5.74, 6) is -0.736. The summed E-state index contributed by atoms with van der Waals surface area (Å²) in [4.78, 5) is 24.0. The van der Waals surface area contributed by atoms with Crippen LogP contribution in [0.1, 0.15) is 34.7 Å². The highest BCUT2D eigenvalue weighted by atomic mass is 16.3. The van der Waals surface area contributed by atoms with Crippen molar-refractivity contribution in [2.24, 2.45) is 5.10 Å². The number of amides is 2. The molecule has 0 radical (unpaired) electrons. The molecule has 0 saturated carbocycles. The van der Waals surface area contributed by atoms with Gasteiger partial charge in [0, 0.05) is 5.69 Å². The molecule has 7 nitrogen and oxygen atoms in total. The Bertz CT molecular complexity index is 965. The van der Waals surface area contributed by atoms with Crippen molar-refractivity contribution in [2.45, 2.75) is 13.0 Å². The van der Waals surface area contributed by atoms with E-state index in [0.29, 0.717) is 17.0 Å². The van der Waals surface area contributed by atoms with Crippen molar-refractivity contribution in [1.29, 1.82) is 0 Å². The van der Waals surface area contributed by atoms with Crippen LogP contribution in [0.4, 0.5) is 5.69 Å². The number of nitrogens with zero attached hydrogens (tertiary/aromatic N) is 1. The van der Waals surface area contributed by atoms with Gasteiger partial charge in [0.25, 0.3) is 11.8 Å². The zero-order chi connectivity index (χ0) is 19.9. The summed E-state index contributed by atoms with van der Waals surface area (Å²) in [6, 6.07) is 18.8. The van der Waals surface area contributed by atoms with E-state index < -0.39 is 12.0 Å². The molecule has 3 aromatic rings. The molecule has 3 N–H and O–H groups in total. The number of carbonyl (C=O) groups is 2. The van der Waals surface area contributed by atoms with Crippen LogP contribution < -0.4 is 10.7 Å². The fraction of sp³-hybridized carbons (Fsp3) is 0.0952. The number of furan rings is 1. The Morgan fingerprint density at radius 2 is 1.71 bits per heavy atom. The van der Waals surface area contributed by atoms with Crippen LogP contribution in [0.5, 0.6) is 0 Å². The summed E-state index contributed by atoms with van der Waals surface area (Å²) >= 11 is 0. The molecule has 0 fully saturated rings. The van der Waals surface area contributed by atoms with Gasteiger partial charge in [-0.25, -0.2) is 5.43 Å². The first-order valence-corrected chi connectivity index (χ1v) is 8.57. The van der Waals surface area contributed by atoms with Crippen molar-refractivity contribution in [3.05, 3.63) is 89.9 Å². The van der Waals surface area contributed by atoms with E-state index in [1.54, 1.807) is 73.7 Å². The van der Waals surface area contributed by atoms with Crippen molar-refractivity contribution in [3.8, 4) is 0 Å². The number of carbonyl (C=O) groups excluding carboxylic acids is 2. The summed E-state index contributed by atoms with van der Waals surface area (Å²) in [5.41, 5.74) is 4.76. The Kier molecular flexibility index (Phi) is 5.98. The Labute approximate surface area is 161 Å². The van der Waals surface area contributed by atoms with Crippen molar-refractivity contribution in [2.75, 3.05) is 5.32 Å². The predicted octanol–water partition coefficient (Wildman–Crippen LogP) is 3.11. The van der Waals surface area contributed by atoms with Crippen LogP contribution >= 0.6 is 0 Å². The van der Waals surface area contributed by atoms with Crippen LogP contribution in [0.15, 0.2) is 82.5 Å². The van der Waals surface area contributed by atoms with E-state index in [4.69, 9.17) is 4.42 Å². The minimum Gasteiger partial charge on any atom is -0.459 e. The summed E-state index contributed by atoms with van der Waals surface area (Å²) in [5, 5.41) is 16.8. The highest BCUT2D eigenvalue weighted by molar-refractivity contribution is 6.03. The molecule has 0 saturated heterocycles. The maximum atomic E-state index is 12.0. The van der Waals surface area contributed by atoms with Gasteiger partial charge in [-0.15, -0.1) is 0 Å². The molecule has 1 aromatic heterocycles. The van der Waals surface area contributed by atoms with Gasteiger partial charge in [0.15, 0.2) is 11.9 Å². The molecule has 2 amide bonds. The molecule has 28 heavy (non-hydrogen) atoms. The fourth-order valence-corrected chi connectivity index (χ4v) is 2.45. The molecule has 2 aromatic carbocycles. The number of hydrogen-bond donors (Lipinski definition) is 3. The van der Waals surface area contributed by atoms with Crippen molar-refractivity contribution in [3.63, 3.8) is 0 Å². The molecule has 0 spiro atoms. The van der Waals surface area contributed by atoms with Crippen molar-refractivity contribution in [1.82, 2.24) is 5.43 Å². The van der Waals surface area contributed by atoms with Crippen LogP contribution in [0.3, 0.4) is 0 Å². The summed E-state index contributed by atoms with van der Waals surface area (Å²) < 4.78 is 5.04. The van der Waals surface area contributed by atoms with Gasteiger partial charge in [-0.3, -0.25) is 9.59 Å². The normalized spacial score (nSPS) is 12.3. The zero-order valence-electron chi connectivity index (χ0n) is 15.1. The second kappa shape index (κ2) is 8.79. The van der Waals surface area contributed by atoms with E-state index in [1.165, 1.54) is 6.26 Å². The van der Waals surface area contributed by atoms with Gasteiger partial charge in [0.1, 0.15) is 0 Å². The van der Waals surface area contributed by atoms with E-state index in [0.717, 1.165) is 5.56 Å². The fourth-order valence-electron chi connectivity index (χ4n) is 2.45. The Morgan fingerprint density at radius 3 is 2.36 bits per heavy atom. The van der Waals surface area contributed by atoms with Crippen LogP contribution in [-0.2, 0) is 4.79 Å². The Morgan fingerprint density at radius 1 is 1.00 bits per heavy atom. The van der Waals surface area contributed by atoms with Gasteiger partial charge in [0.2, 0.25) is 0 Å². The van der Waals surface area contributed by atoms with Crippen LogP contribution in [0.2, 0.25) is 0 Å². The first kappa shape index (κ1) is 19.1. The first-order valence-electron chi connectivity index (χ1n) is 8.57. The summed E-state index contributed by atoms with van der Waals surface area (Å²) in [7, 11) is 0. The molecule has 142 valence electrons. The van der Waals surface area contributed by atoms with E-state index >= 15 is 0 Å². The molecule has 0 aliphatic rings. The minimum absolute atomic E-state index is 0.224.